The molecule has 0 aliphatic rings. The number of amides is 1. The van der Waals surface area contributed by atoms with E-state index in [0.717, 1.165) is 0 Å². The standard InChI is InChI=1S/C17H11FN6O2/c18-13-4-2-1-3-12(13)15-9-14(23-26-15)17(25)22-11-5-6-16(19-10-11)24-20-7-8-21-24/h1-10H,(H,22,25). The van der Waals surface area contributed by atoms with Gasteiger partial charge in [-0.15, -0.1) is 4.80 Å². The van der Waals surface area contributed by atoms with E-state index in [2.05, 4.69) is 25.7 Å². The van der Waals surface area contributed by atoms with Gasteiger partial charge in [-0.2, -0.15) is 10.2 Å². The highest BCUT2D eigenvalue weighted by atomic mass is 19.1. The minimum Gasteiger partial charge on any atom is -0.355 e. The Bertz CT molecular complexity index is 1040. The van der Waals surface area contributed by atoms with Crippen LogP contribution in [0, 0.1) is 5.82 Å². The lowest BCUT2D eigenvalue weighted by Gasteiger charge is -2.03. The number of anilines is 1. The van der Waals surface area contributed by atoms with E-state index >= 15 is 0 Å². The molecule has 26 heavy (non-hydrogen) atoms. The molecule has 0 radical (unpaired) electrons. The van der Waals surface area contributed by atoms with Crippen LogP contribution in [0.2, 0.25) is 0 Å². The van der Waals surface area contributed by atoms with Crippen LogP contribution in [0.3, 0.4) is 0 Å². The molecule has 128 valence electrons. The predicted octanol–water partition coefficient (Wildman–Crippen LogP) is 2.71. The summed E-state index contributed by atoms with van der Waals surface area (Å²) in [6, 6.07) is 10.8. The Kier molecular flexibility index (Phi) is 3.94. The van der Waals surface area contributed by atoms with E-state index < -0.39 is 11.7 Å². The summed E-state index contributed by atoms with van der Waals surface area (Å²) in [5.74, 6) is -0.270. The first-order chi connectivity index (χ1) is 12.7. The summed E-state index contributed by atoms with van der Waals surface area (Å²) in [5, 5.41) is 14.3. The highest BCUT2D eigenvalue weighted by Crippen LogP contribution is 2.23. The molecule has 0 atom stereocenters. The van der Waals surface area contributed by atoms with Gasteiger partial charge in [0.05, 0.1) is 29.8 Å². The molecule has 0 bridgehead atoms. The zero-order chi connectivity index (χ0) is 17.9. The third-order valence-electron chi connectivity index (χ3n) is 3.51. The predicted molar refractivity (Wildman–Crippen MR) is 89.0 cm³/mol. The van der Waals surface area contributed by atoms with Crippen LogP contribution in [0.4, 0.5) is 10.1 Å². The molecular formula is C17H11FN6O2. The molecule has 3 heterocycles. The quantitative estimate of drug-likeness (QED) is 0.607. The highest BCUT2D eigenvalue weighted by Gasteiger charge is 2.16. The van der Waals surface area contributed by atoms with Gasteiger partial charge >= 0.3 is 0 Å². The molecule has 0 aliphatic carbocycles. The number of pyridine rings is 1. The van der Waals surface area contributed by atoms with Gasteiger partial charge in [0.15, 0.2) is 17.3 Å². The lowest BCUT2D eigenvalue weighted by molar-refractivity contribution is 0.101. The molecule has 0 spiro atoms. The van der Waals surface area contributed by atoms with E-state index in [0.29, 0.717) is 11.5 Å². The lowest BCUT2D eigenvalue weighted by atomic mass is 10.1. The van der Waals surface area contributed by atoms with Crippen molar-refractivity contribution in [3.8, 4) is 17.1 Å². The average molecular weight is 350 g/mol. The number of carbonyl (C=O) groups excluding carboxylic acids is 1. The van der Waals surface area contributed by atoms with E-state index in [1.54, 1.807) is 30.3 Å². The lowest BCUT2D eigenvalue weighted by Crippen LogP contribution is -2.12. The third kappa shape index (κ3) is 3.05. The van der Waals surface area contributed by atoms with Gasteiger partial charge in [-0.3, -0.25) is 4.79 Å². The van der Waals surface area contributed by atoms with Crippen molar-refractivity contribution in [3.63, 3.8) is 0 Å². The highest BCUT2D eigenvalue weighted by molar-refractivity contribution is 6.03. The smallest absolute Gasteiger partial charge is 0.277 e. The van der Waals surface area contributed by atoms with Crippen molar-refractivity contribution in [2.45, 2.75) is 0 Å². The molecule has 1 aromatic carbocycles. The van der Waals surface area contributed by atoms with Crippen LogP contribution in [0.1, 0.15) is 10.5 Å². The number of rotatable bonds is 4. The van der Waals surface area contributed by atoms with Gasteiger partial charge in [-0.05, 0) is 24.3 Å². The van der Waals surface area contributed by atoms with E-state index in [9.17, 15) is 9.18 Å². The summed E-state index contributed by atoms with van der Waals surface area (Å²) in [4.78, 5) is 17.8. The Morgan fingerprint density at radius 1 is 1.12 bits per heavy atom. The second-order valence-corrected chi connectivity index (χ2v) is 5.23. The van der Waals surface area contributed by atoms with E-state index in [1.807, 2.05) is 0 Å². The fraction of sp³-hybridized carbons (Fsp3) is 0. The normalized spacial score (nSPS) is 10.7. The third-order valence-corrected chi connectivity index (χ3v) is 3.51. The van der Waals surface area contributed by atoms with Crippen molar-refractivity contribution in [2.24, 2.45) is 0 Å². The van der Waals surface area contributed by atoms with Crippen LogP contribution in [0.25, 0.3) is 17.1 Å². The fourth-order valence-corrected chi connectivity index (χ4v) is 2.28. The average Bonchev–Trinajstić information content (AvgIpc) is 3.35. The van der Waals surface area contributed by atoms with Crippen molar-refractivity contribution in [1.29, 1.82) is 0 Å². The van der Waals surface area contributed by atoms with Crippen LogP contribution in [0.5, 0.6) is 0 Å². The Morgan fingerprint density at radius 3 is 2.65 bits per heavy atom. The number of nitrogens with zero attached hydrogens (tertiary/aromatic N) is 5. The van der Waals surface area contributed by atoms with E-state index in [-0.39, 0.29) is 17.0 Å². The van der Waals surface area contributed by atoms with Crippen LogP contribution >= 0.6 is 0 Å². The van der Waals surface area contributed by atoms with Crippen LogP contribution < -0.4 is 5.32 Å². The summed E-state index contributed by atoms with van der Waals surface area (Å²) in [6.07, 6.45) is 4.54. The van der Waals surface area contributed by atoms with Gasteiger partial charge in [0.2, 0.25) is 0 Å². The maximum Gasteiger partial charge on any atom is 0.277 e. The molecule has 3 aromatic heterocycles. The summed E-state index contributed by atoms with van der Waals surface area (Å²) < 4.78 is 18.9. The Hall–Kier alpha value is -3.88. The fourth-order valence-electron chi connectivity index (χ4n) is 2.28. The summed E-state index contributed by atoms with van der Waals surface area (Å²) in [6.45, 7) is 0. The van der Waals surface area contributed by atoms with Crippen molar-refractivity contribution >= 4 is 11.6 Å². The number of hydrogen-bond donors (Lipinski definition) is 1. The maximum absolute atomic E-state index is 13.8. The largest absolute Gasteiger partial charge is 0.355 e. The molecule has 4 rings (SSSR count). The van der Waals surface area contributed by atoms with Crippen molar-refractivity contribution in [2.75, 3.05) is 5.32 Å². The number of carbonyl (C=O) groups is 1. The van der Waals surface area contributed by atoms with Gasteiger partial charge in [0.1, 0.15) is 5.82 Å². The zero-order valence-corrected chi connectivity index (χ0v) is 13.2. The van der Waals surface area contributed by atoms with E-state index in [4.69, 9.17) is 4.52 Å². The Morgan fingerprint density at radius 2 is 1.92 bits per heavy atom. The molecule has 0 saturated carbocycles. The van der Waals surface area contributed by atoms with Crippen LogP contribution in [-0.2, 0) is 0 Å². The summed E-state index contributed by atoms with van der Waals surface area (Å²) in [5.41, 5.74) is 0.721. The first-order valence-corrected chi connectivity index (χ1v) is 7.56. The number of benzene rings is 1. The van der Waals surface area contributed by atoms with Crippen LogP contribution in [-0.4, -0.2) is 31.0 Å². The second-order valence-electron chi connectivity index (χ2n) is 5.23. The number of nitrogens with one attached hydrogen (secondary N) is 1. The van der Waals surface area contributed by atoms with Gasteiger partial charge in [-0.1, -0.05) is 17.3 Å². The summed E-state index contributed by atoms with van der Waals surface area (Å²) in [7, 11) is 0. The molecule has 1 N–H and O–H groups in total. The van der Waals surface area contributed by atoms with Crippen molar-refractivity contribution in [1.82, 2.24) is 25.1 Å². The van der Waals surface area contributed by atoms with Crippen molar-refractivity contribution in [3.05, 3.63) is 72.6 Å². The maximum atomic E-state index is 13.8. The van der Waals surface area contributed by atoms with Gasteiger partial charge in [0, 0.05) is 6.07 Å². The molecule has 0 unspecified atom stereocenters. The number of hydrogen-bond acceptors (Lipinski definition) is 6. The first-order valence-electron chi connectivity index (χ1n) is 7.56. The van der Waals surface area contributed by atoms with Gasteiger partial charge in [0.25, 0.3) is 5.91 Å². The Balaban J connectivity index is 1.49. The molecule has 0 saturated heterocycles. The SMILES string of the molecule is O=C(Nc1ccc(-n2nccn2)nc1)c1cc(-c2ccccc2F)on1. The van der Waals surface area contributed by atoms with Gasteiger partial charge < -0.3 is 9.84 Å². The molecule has 1 amide bonds. The minimum absolute atomic E-state index is 0.0288. The molecule has 4 aromatic rings. The van der Waals surface area contributed by atoms with Gasteiger partial charge in [-0.25, -0.2) is 9.37 Å². The first kappa shape index (κ1) is 15.6. The molecule has 8 nitrogen and oxygen atoms in total. The van der Waals surface area contributed by atoms with Crippen LogP contribution in [0.15, 0.2) is 65.6 Å². The van der Waals surface area contributed by atoms with E-state index in [1.165, 1.54) is 35.5 Å². The monoisotopic (exact) mass is 350 g/mol. The number of aromatic nitrogens is 5. The molecular weight excluding hydrogens is 339 g/mol. The summed E-state index contributed by atoms with van der Waals surface area (Å²) >= 11 is 0. The topological polar surface area (TPSA) is 98.7 Å². The molecule has 0 fully saturated rings. The molecule has 0 aliphatic heterocycles. The zero-order valence-electron chi connectivity index (χ0n) is 13.2. The minimum atomic E-state index is -0.497. The Labute approximate surface area is 146 Å². The van der Waals surface area contributed by atoms with Crippen molar-refractivity contribution < 1.29 is 13.7 Å². The molecule has 9 heteroatoms. The second kappa shape index (κ2) is 6.55. The number of halogens is 1.